The second-order valence-corrected chi connectivity index (χ2v) is 5.36. The van der Waals surface area contributed by atoms with Gasteiger partial charge in [-0.2, -0.15) is 0 Å². The van der Waals surface area contributed by atoms with E-state index in [0.29, 0.717) is 26.1 Å². The van der Waals surface area contributed by atoms with Crippen LogP contribution < -0.4 is 4.74 Å². The number of amides is 1. The van der Waals surface area contributed by atoms with Gasteiger partial charge in [-0.15, -0.1) is 5.10 Å². The fraction of sp³-hybridized carbons (Fsp3) is 0.467. The van der Waals surface area contributed by atoms with Gasteiger partial charge in [0.1, 0.15) is 18.2 Å². The number of hydrogen-bond acceptors (Lipinski definition) is 5. The third kappa shape index (κ3) is 3.41. The number of aromatic nitrogens is 4. The van der Waals surface area contributed by atoms with Crippen molar-refractivity contribution in [1.29, 1.82) is 0 Å². The van der Waals surface area contributed by atoms with Crippen LogP contribution in [-0.4, -0.2) is 50.2 Å². The molecule has 0 atom stereocenters. The molecule has 1 fully saturated rings. The molecule has 2 heterocycles. The van der Waals surface area contributed by atoms with Gasteiger partial charge < -0.3 is 9.64 Å². The van der Waals surface area contributed by atoms with E-state index in [1.165, 1.54) is 11.9 Å². The molecule has 0 unspecified atom stereocenters. The summed E-state index contributed by atoms with van der Waals surface area (Å²) < 4.78 is 7.45. The largest absolute Gasteiger partial charge is 0.487 e. The number of rotatable bonds is 6. The Morgan fingerprint density at radius 2 is 2.27 bits per heavy atom. The molecule has 1 saturated heterocycles. The molecule has 7 nitrogen and oxygen atoms in total. The fourth-order valence-corrected chi connectivity index (χ4v) is 2.40. The monoisotopic (exact) mass is 301 g/mol. The zero-order chi connectivity index (χ0) is 15.4. The summed E-state index contributed by atoms with van der Waals surface area (Å²) in [4.78, 5) is 13.8. The summed E-state index contributed by atoms with van der Waals surface area (Å²) in [5.74, 6) is 0.989. The summed E-state index contributed by atoms with van der Waals surface area (Å²) in [6.07, 6.45) is 2.99. The lowest BCUT2D eigenvalue weighted by Gasteiger charge is -2.39. The van der Waals surface area contributed by atoms with Crippen molar-refractivity contribution in [3.63, 3.8) is 0 Å². The maximum atomic E-state index is 12.0. The van der Waals surface area contributed by atoms with Crippen molar-refractivity contribution >= 4 is 5.91 Å². The van der Waals surface area contributed by atoms with E-state index in [9.17, 15) is 4.79 Å². The predicted octanol–water partition coefficient (Wildman–Crippen LogP) is 0.915. The van der Waals surface area contributed by atoms with Crippen molar-refractivity contribution < 1.29 is 9.53 Å². The van der Waals surface area contributed by atoms with Gasteiger partial charge in [0, 0.05) is 6.42 Å². The predicted molar refractivity (Wildman–Crippen MR) is 79.3 cm³/mol. The van der Waals surface area contributed by atoms with Gasteiger partial charge in [0.05, 0.1) is 19.6 Å². The average molecular weight is 301 g/mol. The van der Waals surface area contributed by atoms with E-state index in [1.807, 2.05) is 12.1 Å². The molecule has 0 bridgehead atoms. The number of nitrogens with zero attached hydrogens (tertiary/aromatic N) is 5. The summed E-state index contributed by atoms with van der Waals surface area (Å²) in [5.41, 5.74) is 1.26. The van der Waals surface area contributed by atoms with Gasteiger partial charge in [0.25, 0.3) is 0 Å². The Morgan fingerprint density at radius 3 is 3.00 bits per heavy atom. The fourth-order valence-electron chi connectivity index (χ4n) is 2.40. The average Bonchev–Trinajstić information content (AvgIpc) is 3.01. The van der Waals surface area contributed by atoms with Gasteiger partial charge >= 0.3 is 0 Å². The molecule has 0 aliphatic carbocycles. The van der Waals surface area contributed by atoms with Crippen LogP contribution in [-0.2, 0) is 17.8 Å². The Morgan fingerprint density at radius 1 is 1.41 bits per heavy atom. The second kappa shape index (κ2) is 6.55. The number of tetrazole rings is 1. The first kappa shape index (κ1) is 14.5. The van der Waals surface area contributed by atoms with E-state index in [1.54, 1.807) is 9.58 Å². The van der Waals surface area contributed by atoms with Crippen molar-refractivity contribution in [3.8, 4) is 5.75 Å². The van der Waals surface area contributed by atoms with E-state index in [0.717, 1.165) is 12.2 Å². The van der Waals surface area contributed by atoms with E-state index in [4.69, 9.17) is 4.74 Å². The van der Waals surface area contributed by atoms with E-state index in [2.05, 4.69) is 34.6 Å². The van der Waals surface area contributed by atoms with Gasteiger partial charge in [0.2, 0.25) is 5.91 Å². The van der Waals surface area contributed by atoms with Crippen molar-refractivity contribution in [2.24, 2.45) is 0 Å². The normalized spacial score (nSPS) is 14.7. The Bertz CT molecular complexity index is 623. The third-order valence-corrected chi connectivity index (χ3v) is 3.76. The van der Waals surface area contributed by atoms with Crippen LogP contribution in [0.2, 0.25) is 0 Å². The highest BCUT2D eigenvalue weighted by Gasteiger charge is 2.31. The first-order valence-corrected chi connectivity index (χ1v) is 7.48. The van der Waals surface area contributed by atoms with Crippen LogP contribution in [0.3, 0.4) is 0 Å². The lowest BCUT2D eigenvalue weighted by atomic mass is 10.1. The molecule has 2 aromatic rings. The summed E-state index contributed by atoms with van der Waals surface area (Å²) in [6, 6.07) is 8.11. The molecule has 22 heavy (non-hydrogen) atoms. The van der Waals surface area contributed by atoms with Crippen LogP contribution in [0.5, 0.6) is 5.75 Å². The van der Waals surface area contributed by atoms with E-state index in [-0.39, 0.29) is 12.0 Å². The third-order valence-electron chi connectivity index (χ3n) is 3.76. The zero-order valence-corrected chi connectivity index (χ0v) is 12.6. The minimum Gasteiger partial charge on any atom is -0.487 e. The van der Waals surface area contributed by atoms with Gasteiger partial charge in [-0.05, 0) is 34.5 Å². The zero-order valence-electron chi connectivity index (χ0n) is 12.6. The molecule has 0 spiro atoms. The topological polar surface area (TPSA) is 73.1 Å². The van der Waals surface area contributed by atoms with Crippen molar-refractivity contribution in [3.05, 3.63) is 36.2 Å². The number of likely N-dealkylation sites (tertiary alicyclic amines) is 1. The minimum atomic E-state index is 0.0871. The lowest BCUT2D eigenvalue weighted by Crippen LogP contribution is -2.56. The van der Waals surface area contributed by atoms with Gasteiger partial charge in [0.15, 0.2) is 0 Å². The summed E-state index contributed by atoms with van der Waals surface area (Å²) in [7, 11) is 0. The van der Waals surface area contributed by atoms with Crippen LogP contribution in [0.15, 0.2) is 30.6 Å². The smallest absolute Gasteiger partial charge is 0.224 e. The maximum absolute atomic E-state index is 12.0. The standard InChI is InChI=1S/C15H19N5O2/c1-2-12-4-3-5-13(8-12)22-14-9-19(10-14)15(21)6-7-20-11-16-17-18-20/h3-5,8,11,14H,2,6-7,9-10H2,1H3. The highest BCUT2D eigenvalue weighted by atomic mass is 16.5. The number of ether oxygens (including phenoxy) is 1. The Kier molecular flexibility index (Phi) is 4.32. The molecule has 116 valence electrons. The minimum absolute atomic E-state index is 0.0871. The van der Waals surface area contributed by atoms with Crippen LogP contribution in [0.4, 0.5) is 0 Å². The molecule has 0 saturated carbocycles. The first-order valence-electron chi connectivity index (χ1n) is 7.48. The molecule has 3 rings (SSSR count). The number of benzene rings is 1. The van der Waals surface area contributed by atoms with Crippen LogP contribution >= 0.6 is 0 Å². The molecular formula is C15H19N5O2. The Labute approximate surface area is 128 Å². The quantitative estimate of drug-likeness (QED) is 0.793. The summed E-state index contributed by atoms with van der Waals surface area (Å²) >= 11 is 0. The number of aryl methyl sites for hydroxylation is 2. The SMILES string of the molecule is CCc1cccc(OC2CN(C(=O)CCn3cnnn3)C2)c1. The van der Waals surface area contributed by atoms with E-state index >= 15 is 0 Å². The maximum Gasteiger partial charge on any atom is 0.224 e. The molecule has 0 radical (unpaired) electrons. The summed E-state index contributed by atoms with van der Waals surface area (Å²) in [6.45, 7) is 3.91. The van der Waals surface area contributed by atoms with Crippen LogP contribution in [0, 0.1) is 0 Å². The molecule has 7 heteroatoms. The molecule has 1 amide bonds. The van der Waals surface area contributed by atoms with E-state index < -0.39 is 0 Å². The molecular weight excluding hydrogens is 282 g/mol. The Balaban J connectivity index is 1.42. The van der Waals surface area contributed by atoms with Gasteiger partial charge in [-0.1, -0.05) is 19.1 Å². The number of hydrogen-bond donors (Lipinski definition) is 0. The molecule has 1 aliphatic heterocycles. The number of carbonyl (C=O) groups excluding carboxylic acids is 1. The Hall–Kier alpha value is -2.44. The highest BCUT2D eigenvalue weighted by Crippen LogP contribution is 2.20. The number of carbonyl (C=O) groups is 1. The molecule has 1 aliphatic rings. The lowest BCUT2D eigenvalue weighted by molar-refractivity contribution is -0.140. The van der Waals surface area contributed by atoms with Crippen LogP contribution in [0.1, 0.15) is 18.9 Å². The summed E-state index contributed by atoms with van der Waals surface area (Å²) in [5, 5.41) is 10.8. The molecule has 1 aromatic heterocycles. The van der Waals surface area contributed by atoms with Crippen molar-refractivity contribution in [2.45, 2.75) is 32.4 Å². The van der Waals surface area contributed by atoms with Crippen molar-refractivity contribution in [1.82, 2.24) is 25.1 Å². The van der Waals surface area contributed by atoms with Gasteiger partial charge in [-0.25, -0.2) is 4.68 Å². The molecule has 0 N–H and O–H groups in total. The van der Waals surface area contributed by atoms with Crippen LogP contribution in [0.25, 0.3) is 0 Å². The highest BCUT2D eigenvalue weighted by molar-refractivity contribution is 5.77. The van der Waals surface area contributed by atoms with Gasteiger partial charge in [-0.3, -0.25) is 4.79 Å². The first-order chi connectivity index (χ1) is 10.7. The van der Waals surface area contributed by atoms with Crippen molar-refractivity contribution in [2.75, 3.05) is 13.1 Å². The molecule has 1 aromatic carbocycles. The second-order valence-electron chi connectivity index (χ2n) is 5.36.